The molecule has 0 saturated carbocycles. The van der Waals surface area contributed by atoms with Crippen molar-refractivity contribution < 1.29 is 9.90 Å². The smallest absolute Gasteiger partial charge is 0.251 e. The molecule has 0 unspecified atom stereocenters. The maximum absolute atomic E-state index is 12.1. The van der Waals surface area contributed by atoms with Gasteiger partial charge in [-0.2, -0.15) is 0 Å². The molecule has 20 heavy (non-hydrogen) atoms. The zero-order chi connectivity index (χ0) is 15.2. The molecule has 0 fully saturated rings. The third kappa shape index (κ3) is 5.33. The van der Waals surface area contributed by atoms with E-state index in [2.05, 4.69) is 33.0 Å². The van der Waals surface area contributed by atoms with Crippen LogP contribution in [0.2, 0.25) is 0 Å². The Bertz CT molecular complexity index is 421. The van der Waals surface area contributed by atoms with Crippen LogP contribution in [-0.2, 0) is 0 Å². The van der Waals surface area contributed by atoms with E-state index in [4.69, 9.17) is 5.11 Å². The summed E-state index contributed by atoms with van der Waals surface area (Å²) in [7, 11) is 0. The second-order valence-corrected chi connectivity index (χ2v) is 6.45. The monoisotopic (exact) mass is 277 g/mol. The van der Waals surface area contributed by atoms with Gasteiger partial charge in [-0.15, -0.1) is 0 Å². The lowest BCUT2D eigenvalue weighted by Crippen LogP contribution is -2.34. The van der Waals surface area contributed by atoms with E-state index in [1.165, 1.54) is 5.56 Å². The summed E-state index contributed by atoms with van der Waals surface area (Å²) in [6.45, 7) is 9.30. The molecule has 0 bridgehead atoms. The van der Waals surface area contributed by atoms with E-state index in [1.54, 1.807) is 0 Å². The summed E-state index contributed by atoms with van der Waals surface area (Å²) in [4.78, 5) is 12.1. The molecule has 3 heteroatoms. The Morgan fingerprint density at radius 1 is 1.25 bits per heavy atom. The van der Waals surface area contributed by atoms with Crippen LogP contribution in [-0.4, -0.2) is 24.2 Å². The lowest BCUT2D eigenvalue weighted by atomic mass is 9.88. The van der Waals surface area contributed by atoms with Gasteiger partial charge in [0.05, 0.1) is 0 Å². The highest BCUT2D eigenvalue weighted by atomic mass is 16.2. The molecule has 0 heterocycles. The SMILES string of the molecule is CC(C)c1ccc(C(=O)NCC(C)(C)CCCO)cc1. The number of benzene rings is 1. The standard InChI is InChI=1S/C17H27NO2/c1-13(2)14-6-8-15(9-7-14)16(20)18-12-17(3,4)10-5-11-19/h6-9,13,19H,5,10-12H2,1-4H3,(H,18,20). The summed E-state index contributed by atoms with van der Waals surface area (Å²) in [6, 6.07) is 7.78. The average Bonchev–Trinajstić information content (AvgIpc) is 2.43. The van der Waals surface area contributed by atoms with Crippen molar-refractivity contribution >= 4 is 5.91 Å². The predicted octanol–water partition coefficient (Wildman–Crippen LogP) is 3.34. The molecule has 0 aliphatic heterocycles. The van der Waals surface area contributed by atoms with Crippen molar-refractivity contribution in [1.29, 1.82) is 0 Å². The van der Waals surface area contributed by atoms with Gasteiger partial charge in [-0.05, 0) is 41.9 Å². The Morgan fingerprint density at radius 3 is 2.35 bits per heavy atom. The van der Waals surface area contributed by atoms with Gasteiger partial charge in [0.2, 0.25) is 0 Å². The molecule has 1 aromatic rings. The lowest BCUT2D eigenvalue weighted by Gasteiger charge is -2.24. The lowest BCUT2D eigenvalue weighted by molar-refractivity contribution is 0.0933. The quantitative estimate of drug-likeness (QED) is 0.803. The highest BCUT2D eigenvalue weighted by Gasteiger charge is 2.18. The predicted molar refractivity (Wildman–Crippen MR) is 83.0 cm³/mol. The molecule has 0 saturated heterocycles. The Morgan fingerprint density at radius 2 is 1.85 bits per heavy atom. The van der Waals surface area contributed by atoms with Gasteiger partial charge < -0.3 is 10.4 Å². The Kier molecular flexibility index (Phi) is 6.21. The van der Waals surface area contributed by atoms with Gasteiger partial charge in [-0.25, -0.2) is 0 Å². The molecule has 1 rings (SSSR count). The van der Waals surface area contributed by atoms with Crippen molar-refractivity contribution in [2.24, 2.45) is 5.41 Å². The number of rotatable bonds is 7. The van der Waals surface area contributed by atoms with Crippen LogP contribution in [0.15, 0.2) is 24.3 Å². The zero-order valence-corrected chi connectivity index (χ0v) is 13.1. The van der Waals surface area contributed by atoms with Crippen LogP contribution >= 0.6 is 0 Å². The molecule has 3 nitrogen and oxygen atoms in total. The number of aliphatic hydroxyl groups is 1. The third-order valence-corrected chi connectivity index (χ3v) is 3.58. The molecule has 0 aliphatic rings. The maximum Gasteiger partial charge on any atom is 0.251 e. The number of hydrogen-bond donors (Lipinski definition) is 2. The summed E-state index contributed by atoms with van der Waals surface area (Å²) < 4.78 is 0. The first-order chi connectivity index (χ1) is 9.35. The first kappa shape index (κ1) is 16.7. The van der Waals surface area contributed by atoms with Crippen LogP contribution in [0.4, 0.5) is 0 Å². The molecule has 0 aliphatic carbocycles. The highest BCUT2D eigenvalue weighted by molar-refractivity contribution is 5.94. The Hall–Kier alpha value is -1.35. The topological polar surface area (TPSA) is 49.3 Å². The fourth-order valence-electron chi connectivity index (χ4n) is 2.09. The van der Waals surface area contributed by atoms with Crippen molar-refractivity contribution in [3.05, 3.63) is 35.4 Å². The fraction of sp³-hybridized carbons (Fsp3) is 0.588. The summed E-state index contributed by atoms with van der Waals surface area (Å²) in [5.41, 5.74) is 1.95. The van der Waals surface area contributed by atoms with E-state index < -0.39 is 0 Å². The minimum Gasteiger partial charge on any atom is -0.396 e. The van der Waals surface area contributed by atoms with Gasteiger partial charge in [0.25, 0.3) is 5.91 Å². The minimum atomic E-state index is -0.0302. The summed E-state index contributed by atoms with van der Waals surface area (Å²) in [5.74, 6) is 0.446. The van der Waals surface area contributed by atoms with Gasteiger partial charge in [0.15, 0.2) is 0 Å². The number of amides is 1. The van der Waals surface area contributed by atoms with E-state index in [0.717, 1.165) is 12.8 Å². The van der Waals surface area contributed by atoms with Crippen molar-refractivity contribution in [2.75, 3.05) is 13.2 Å². The number of aliphatic hydroxyl groups excluding tert-OH is 1. The molecule has 0 radical (unpaired) electrons. The van der Waals surface area contributed by atoms with Crippen molar-refractivity contribution in [2.45, 2.75) is 46.5 Å². The third-order valence-electron chi connectivity index (χ3n) is 3.58. The van der Waals surface area contributed by atoms with Crippen LogP contribution in [0.25, 0.3) is 0 Å². The summed E-state index contributed by atoms with van der Waals surface area (Å²) in [6.07, 6.45) is 1.67. The normalized spacial score (nSPS) is 11.7. The largest absolute Gasteiger partial charge is 0.396 e. The number of carbonyl (C=O) groups excluding carboxylic acids is 1. The van der Waals surface area contributed by atoms with Gasteiger partial charge >= 0.3 is 0 Å². The molecule has 1 amide bonds. The van der Waals surface area contributed by atoms with Crippen LogP contribution < -0.4 is 5.32 Å². The first-order valence-electron chi connectivity index (χ1n) is 7.35. The maximum atomic E-state index is 12.1. The number of nitrogens with one attached hydrogen (secondary N) is 1. The molecular weight excluding hydrogens is 250 g/mol. The van der Waals surface area contributed by atoms with E-state index in [0.29, 0.717) is 18.0 Å². The van der Waals surface area contributed by atoms with Gasteiger partial charge in [-0.1, -0.05) is 39.8 Å². The Labute approximate surface area is 122 Å². The van der Waals surface area contributed by atoms with E-state index in [9.17, 15) is 4.79 Å². The van der Waals surface area contributed by atoms with Gasteiger partial charge in [-0.3, -0.25) is 4.79 Å². The van der Waals surface area contributed by atoms with Crippen LogP contribution in [0, 0.1) is 5.41 Å². The van der Waals surface area contributed by atoms with Crippen molar-refractivity contribution in [1.82, 2.24) is 5.32 Å². The van der Waals surface area contributed by atoms with Crippen LogP contribution in [0.5, 0.6) is 0 Å². The van der Waals surface area contributed by atoms with E-state index >= 15 is 0 Å². The highest BCUT2D eigenvalue weighted by Crippen LogP contribution is 2.21. The van der Waals surface area contributed by atoms with E-state index in [1.807, 2.05) is 24.3 Å². The second kappa shape index (κ2) is 7.44. The molecule has 0 aromatic heterocycles. The second-order valence-electron chi connectivity index (χ2n) is 6.45. The van der Waals surface area contributed by atoms with Gasteiger partial charge in [0.1, 0.15) is 0 Å². The summed E-state index contributed by atoms with van der Waals surface area (Å²) >= 11 is 0. The molecular formula is C17H27NO2. The average molecular weight is 277 g/mol. The minimum absolute atomic E-state index is 0.0102. The van der Waals surface area contributed by atoms with Crippen LogP contribution in [0.1, 0.15) is 62.4 Å². The molecule has 2 N–H and O–H groups in total. The Balaban J connectivity index is 2.54. The molecule has 0 spiro atoms. The zero-order valence-electron chi connectivity index (χ0n) is 13.1. The van der Waals surface area contributed by atoms with Crippen molar-refractivity contribution in [3.8, 4) is 0 Å². The number of carbonyl (C=O) groups is 1. The molecule has 1 aromatic carbocycles. The van der Waals surface area contributed by atoms with Crippen molar-refractivity contribution in [3.63, 3.8) is 0 Å². The molecule has 112 valence electrons. The van der Waals surface area contributed by atoms with Gasteiger partial charge in [0, 0.05) is 18.7 Å². The first-order valence-corrected chi connectivity index (χ1v) is 7.35. The van der Waals surface area contributed by atoms with E-state index in [-0.39, 0.29) is 17.9 Å². The fourth-order valence-corrected chi connectivity index (χ4v) is 2.09. The number of hydrogen-bond acceptors (Lipinski definition) is 2. The molecule has 0 atom stereocenters. The summed E-state index contributed by atoms with van der Waals surface area (Å²) in [5, 5.41) is 11.8. The van der Waals surface area contributed by atoms with Crippen LogP contribution in [0.3, 0.4) is 0 Å².